The van der Waals surface area contributed by atoms with Crippen LogP contribution in [0.3, 0.4) is 0 Å². The predicted octanol–water partition coefficient (Wildman–Crippen LogP) is 5.46. The number of hydrogen-bond acceptors (Lipinski definition) is 0. The van der Waals surface area contributed by atoms with Crippen molar-refractivity contribution in [2.24, 2.45) is 0 Å². The van der Waals surface area contributed by atoms with E-state index >= 15 is 0 Å². The monoisotopic (exact) mass is 284 g/mol. The summed E-state index contributed by atoms with van der Waals surface area (Å²) in [6, 6.07) is 13.4. The third kappa shape index (κ3) is 2.30. The van der Waals surface area contributed by atoms with Crippen LogP contribution in [0.15, 0.2) is 55.1 Å². The van der Waals surface area contributed by atoms with Crippen molar-refractivity contribution >= 4 is 22.7 Å². The number of benzene rings is 2. The highest BCUT2D eigenvalue weighted by molar-refractivity contribution is 6.31. The van der Waals surface area contributed by atoms with E-state index in [1.165, 1.54) is 5.57 Å². The molecule has 20 heavy (non-hydrogen) atoms. The Morgan fingerprint density at radius 3 is 2.55 bits per heavy atom. The van der Waals surface area contributed by atoms with Gasteiger partial charge in [-0.1, -0.05) is 60.7 Å². The van der Waals surface area contributed by atoms with Gasteiger partial charge in [-0.15, -0.1) is 0 Å². The normalized spacial score (nSPS) is 13.9. The molecule has 0 amide bonds. The van der Waals surface area contributed by atoms with Crippen molar-refractivity contribution in [3.05, 3.63) is 82.4 Å². The zero-order valence-corrected chi connectivity index (χ0v) is 11.8. The first-order valence-corrected chi connectivity index (χ1v) is 6.89. The Kier molecular flexibility index (Phi) is 3.45. The highest BCUT2D eigenvalue weighted by Crippen LogP contribution is 2.36. The quantitative estimate of drug-likeness (QED) is 0.687. The van der Waals surface area contributed by atoms with Gasteiger partial charge in [0.1, 0.15) is 6.67 Å². The molecule has 0 atom stereocenters. The standard InChI is InChI=1S/C18H14ClF/c1-12-9-15(14-7-5-13(11-20)6-8-14)10-17-16(12)3-2-4-18(17)19/h2-9H,1,10-11H2. The van der Waals surface area contributed by atoms with E-state index in [-0.39, 0.29) is 0 Å². The van der Waals surface area contributed by atoms with Crippen molar-refractivity contribution in [3.63, 3.8) is 0 Å². The molecule has 1 aliphatic carbocycles. The highest BCUT2D eigenvalue weighted by atomic mass is 35.5. The van der Waals surface area contributed by atoms with Gasteiger partial charge in [0.15, 0.2) is 0 Å². The van der Waals surface area contributed by atoms with Crippen molar-refractivity contribution in [3.8, 4) is 0 Å². The van der Waals surface area contributed by atoms with E-state index in [9.17, 15) is 4.39 Å². The van der Waals surface area contributed by atoms with E-state index in [1.54, 1.807) is 0 Å². The van der Waals surface area contributed by atoms with Crippen LogP contribution in [0.5, 0.6) is 0 Å². The molecule has 0 saturated carbocycles. The molecular weight excluding hydrogens is 271 g/mol. The third-order valence-corrected chi connectivity index (χ3v) is 4.01. The SMILES string of the molecule is C=C1C=C(c2ccc(CF)cc2)Cc2c(Cl)cccc21. The minimum absolute atomic E-state index is 0.430. The molecule has 0 aliphatic heterocycles. The first-order valence-electron chi connectivity index (χ1n) is 6.51. The Bertz CT molecular complexity index is 696. The molecule has 0 aromatic heterocycles. The van der Waals surface area contributed by atoms with Crippen molar-refractivity contribution in [2.45, 2.75) is 13.1 Å². The summed E-state index contributed by atoms with van der Waals surface area (Å²) in [5, 5.41) is 0.773. The van der Waals surface area contributed by atoms with E-state index in [2.05, 4.69) is 12.7 Å². The van der Waals surface area contributed by atoms with Gasteiger partial charge < -0.3 is 0 Å². The molecule has 3 rings (SSSR count). The molecule has 0 saturated heterocycles. The summed E-state index contributed by atoms with van der Waals surface area (Å²) in [6.07, 6.45) is 2.87. The van der Waals surface area contributed by atoms with Crippen LogP contribution in [0.25, 0.3) is 11.1 Å². The van der Waals surface area contributed by atoms with Gasteiger partial charge in [-0.2, -0.15) is 0 Å². The van der Waals surface area contributed by atoms with Crippen LogP contribution in [0.4, 0.5) is 4.39 Å². The molecule has 1 aliphatic rings. The molecule has 2 aromatic carbocycles. The minimum atomic E-state index is -0.430. The van der Waals surface area contributed by atoms with Gasteiger partial charge in [-0.3, -0.25) is 0 Å². The second kappa shape index (κ2) is 5.26. The number of fused-ring (bicyclic) bond motifs is 1. The summed E-state index contributed by atoms with van der Waals surface area (Å²) in [5.41, 5.74) is 6.16. The van der Waals surface area contributed by atoms with Gasteiger partial charge in [0.2, 0.25) is 0 Å². The molecule has 0 heterocycles. The summed E-state index contributed by atoms with van der Waals surface area (Å²) in [6.45, 7) is 3.68. The third-order valence-electron chi connectivity index (χ3n) is 3.66. The summed E-state index contributed by atoms with van der Waals surface area (Å²) >= 11 is 6.29. The van der Waals surface area contributed by atoms with Crippen molar-refractivity contribution in [2.75, 3.05) is 0 Å². The zero-order valence-electron chi connectivity index (χ0n) is 11.0. The van der Waals surface area contributed by atoms with Crippen LogP contribution < -0.4 is 0 Å². The number of rotatable bonds is 2. The van der Waals surface area contributed by atoms with E-state index in [0.717, 1.165) is 33.7 Å². The van der Waals surface area contributed by atoms with Crippen LogP contribution in [-0.4, -0.2) is 0 Å². The summed E-state index contributed by atoms with van der Waals surface area (Å²) in [7, 11) is 0. The molecule has 2 heteroatoms. The first kappa shape index (κ1) is 13.1. The second-order valence-electron chi connectivity index (χ2n) is 4.97. The summed E-state index contributed by atoms with van der Waals surface area (Å²) in [5.74, 6) is 0. The largest absolute Gasteiger partial charge is 0.246 e. The van der Waals surface area contributed by atoms with Crippen LogP contribution in [0.1, 0.15) is 22.3 Å². The average molecular weight is 285 g/mol. The van der Waals surface area contributed by atoms with Crippen molar-refractivity contribution in [1.29, 1.82) is 0 Å². The molecule has 0 bridgehead atoms. The van der Waals surface area contributed by atoms with Crippen LogP contribution in [0, 0.1) is 0 Å². The average Bonchev–Trinajstić information content (AvgIpc) is 2.48. The fourth-order valence-electron chi connectivity index (χ4n) is 2.56. The maximum absolute atomic E-state index is 12.6. The predicted molar refractivity (Wildman–Crippen MR) is 83.4 cm³/mol. The Labute approximate surface area is 123 Å². The Morgan fingerprint density at radius 1 is 1.10 bits per heavy atom. The highest BCUT2D eigenvalue weighted by Gasteiger charge is 2.17. The minimum Gasteiger partial charge on any atom is -0.246 e. The van der Waals surface area contributed by atoms with E-state index in [4.69, 9.17) is 11.6 Å². The smallest absolute Gasteiger partial charge is 0.115 e. The van der Waals surface area contributed by atoms with Gasteiger partial charge >= 0.3 is 0 Å². The van der Waals surface area contributed by atoms with Gasteiger partial charge in [-0.25, -0.2) is 4.39 Å². The molecule has 0 nitrogen and oxygen atoms in total. The molecule has 0 fully saturated rings. The molecule has 0 N–H and O–H groups in total. The van der Waals surface area contributed by atoms with Crippen LogP contribution in [-0.2, 0) is 13.1 Å². The maximum Gasteiger partial charge on any atom is 0.115 e. The van der Waals surface area contributed by atoms with E-state index < -0.39 is 6.67 Å². The molecule has 2 aromatic rings. The summed E-state index contributed by atoms with van der Waals surface area (Å²) < 4.78 is 12.6. The van der Waals surface area contributed by atoms with Gasteiger partial charge in [0.05, 0.1) is 0 Å². The van der Waals surface area contributed by atoms with Crippen LogP contribution in [0.2, 0.25) is 5.02 Å². The lowest BCUT2D eigenvalue weighted by atomic mass is 9.85. The van der Waals surface area contributed by atoms with E-state index in [0.29, 0.717) is 5.56 Å². The zero-order chi connectivity index (χ0) is 14.1. The lowest BCUT2D eigenvalue weighted by molar-refractivity contribution is 0.485. The first-order chi connectivity index (χ1) is 9.69. The Balaban J connectivity index is 2.00. The van der Waals surface area contributed by atoms with E-state index in [1.807, 2.05) is 42.5 Å². The lowest BCUT2D eigenvalue weighted by Crippen LogP contribution is -2.02. The molecular formula is C18H14ClF. The Hall–Kier alpha value is -1.86. The number of hydrogen-bond donors (Lipinski definition) is 0. The van der Waals surface area contributed by atoms with Gasteiger partial charge in [-0.05, 0) is 39.5 Å². The van der Waals surface area contributed by atoms with Crippen molar-refractivity contribution in [1.82, 2.24) is 0 Å². The molecule has 0 radical (unpaired) electrons. The topological polar surface area (TPSA) is 0 Å². The molecule has 100 valence electrons. The lowest BCUT2D eigenvalue weighted by Gasteiger charge is -2.20. The number of alkyl halides is 1. The fourth-order valence-corrected chi connectivity index (χ4v) is 2.80. The summed E-state index contributed by atoms with van der Waals surface area (Å²) in [4.78, 5) is 0. The van der Waals surface area contributed by atoms with Crippen LogP contribution >= 0.6 is 11.6 Å². The molecule has 0 spiro atoms. The number of allylic oxidation sites excluding steroid dienone is 3. The Morgan fingerprint density at radius 2 is 1.85 bits per heavy atom. The fraction of sp³-hybridized carbons (Fsp3) is 0.111. The second-order valence-corrected chi connectivity index (χ2v) is 5.38. The maximum atomic E-state index is 12.6. The number of halogens is 2. The van der Waals surface area contributed by atoms with Gasteiger partial charge in [0, 0.05) is 11.4 Å². The molecule has 0 unspecified atom stereocenters. The van der Waals surface area contributed by atoms with Crippen molar-refractivity contribution < 1.29 is 4.39 Å². The van der Waals surface area contributed by atoms with Gasteiger partial charge in [0.25, 0.3) is 0 Å².